The number of methoxy groups -OCH3 is 2. The van der Waals surface area contributed by atoms with E-state index < -0.39 is 6.29 Å². The van der Waals surface area contributed by atoms with Gasteiger partial charge >= 0.3 is 0 Å². The molecule has 0 atom stereocenters. The Morgan fingerprint density at radius 1 is 1.09 bits per heavy atom. The van der Waals surface area contributed by atoms with Crippen LogP contribution in [0, 0.1) is 5.92 Å². The first-order chi connectivity index (χ1) is 16.6. The second-order valence-corrected chi connectivity index (χ2v) is 9.54. The highest BCUT2D eigenvalue weighted by Gasteiger charge is 2.29. The number of para-hydroxylation sites is 1. The number of nitrogens with zero attached hydrogens (tertiary/aromatic N) is 4. The molecule has 4 aromatic rings. The highest BCUT2D eigenvalue weighted by atomic mass is 16.7. The minimum Gasteiger partial charge on any atom is -0.354 e. The van der Waals surface area contributed by atoms with E-state index in [1.54, 1.807) is 14.2 Å². The van der Waals surface area contributed by atoms with Crippen molar-refractivity contribution < 1.29 is 14.3 Å². The molecule has 1 aliphatic carbocycles. The molecule has 0 spiro atoms. The first-order valence-electron chi connectivity index (χ1n) is 12.0. The van der Waals surface area contributed by atoms with Crippen LogP contribution in [0.25, 0.3) is 33.5 Å². The predicted octanol–water partition coefficient (Wildman–Crippen LogP) is 4.22. The molecule has 0 bridgehead atoms. The Balaban J connectivity index is 1.42. The Kier molecular flexibility index (Phi) is 5.19. The Bertz CT molecular complexity index is 1390. The van der Waals surface area contributed by atoms with E-state index in [1.807, 2.05) is 11.0 Å². The number of carbonyl (C=O) groups is 1. The van der Waals surface area contributed by atoms with Gasteiger partial charge in [0.1, 0.15) is 0 Å². The van der Waals surface area contributed by atoms with Crippen LogP contribution in [0.4, 0.5) is 0 Å². The third kappa shape index (κ3) is 3.51. The van der Waals surface area contributed by atoms with Gasteiger partial charge in [-0.1, -0.05) is 18.2 Å². The van der Waals surface area contributed by atoms with Crippen molar-refractivity contribution in [2.24, 2.45) is 13.0 Å². The number of amides is 1. The van der Waals surface area contributed by atoms with Gasteiger partial charge in [-0.3, -0.25) is 4.79 Å². The van der Waals surface area contributed by atoms with Gasteiger partial charge in [0.15, 0.2) is 12.1 Å². The summed E-state index contributed by atoms with van der Waals surface area (Å²) in [6.07, 6.45) is 2.98. The molecule has 7 heteroatoms. The molecule has 2 aromatic heterocycles. The van der Waals surface area contributed by atoms with E-state index in [0.29, 0.717) is 13.1 Å². The molecule has 3 heterocycles. The fraction of sp³-hybridized carbons (Fsp3) is 0.407. The Morgan fingerprint density at radius 3 is 2.65 bits per heavy atom. The van der Waals surface area contributed by atoms with Crippen LogP contribution >= 0.6 is 0 Å². The van der Waals surface area contributed by atoms with Gasteiger partial charge in [-0.2, -0.15) is 0 Å². The number of fused-ring (bicyclic) bond motifs is 3. The number of carbonyl (C=O) groups excluding carboxylic acids is 1. The lowest BCUT2D eigenvalue weighted by molar-refractivity contribution is -0.112. The van der Waals surface area contributed by atoms with Crippen molar-refractivity contribution in [3.05, 3.63) is 53.6 Å². The van der Waals surface area contributed by atoms with Crippen LogP contribution in [0.2, 0.25) is 0 Å². The number of aryl methyl sites for hydroxylation is 1. The molecule has 6 rings (SSSR count). The van der Waals surface area contributed by atoms with Gasteiger partial charge in [-0.05, 0) is 55.0 Å². The van der Waals surface area contributed by atoms with Crippen molar-refractivity contribution in [1.82, 2.24) is 19.0 Å². The van der Waals surface area contributed by atoms with Crippen LogP contribution in [0.15, 0.2) is 42.5 Å². The lowest BCUT2D eigenvalue weighted by atomic mass is 9.98. The summed E-state index contributed by atoms with van der Waals surface area (Å²) in [5, 5.41) is 1.24. The van der Waals surface area contributed by atoms with Gasteiger partial charge in [-0.15, -0.1) is 0 Å². The quantitative estimate of drug-likeness (QED) is 0.389. The topological polar surface area (TPSA) is 61.5 Å². The summed E-state index contributed by atoms with van der Waals surface area (Å²) >= 11 is 0. The number of benzene rings is 2. The summed E-state index contributed by atoms with van der Waals surface area (Å²) in [5.41, 5.74) is 6.11. The van der Waals surface area contributed by atoms with Crippen molar-refractivity contribution in [2.75, 3.05) is 27.3 Å². The van der Waals surface area contributed by atoms with Gasteiger partial charge in [0.05, 0.1) is 23.3 Å². The molecule has 176 valence electrons. The van der Waals surface area contributed by atoms with Gasteiger partial charge in [-0.25, -0.2) is 4.98 Å². The van der Waals surface area contributed by atoms with Crippen molar-refractivity contribution in [2.45, 2.75) is 32.1 Å². The summed E-state index contributed by atoms with van der Waals surface area (Å²) < 4.78 is 15.2. The second-order valence-electron chi connectivity index (χ2n) is 9.54. The highest BCUT2D eigenvalue weighted by molar-refractivity contribution is 6.00. The van der Waals surface area contributed by atoms with Crippen LogP contribution in [0.3, 0.4) is 0 Å². The molecule has 2 aliphatic rings. The predicted molar refractivity (Wildman–Crippen MR) is 132 cm³/mol. The molecule has 0 N–H and O–H groups in total. The fourth-order valence-electron chi connectivity index (χ4n) is 5.19. The molecule has 2 aromatic carbocycles. The number of ether oxygens (including phenoxy) is 2. The Labute approximate surface area is 198 Å². The van der Waals surface area contributed by atoms with Crippen LogP contribution in [0.1, 0.15) is 28.8 Å². The third-order valence-electron chi connectivity index (χ3n) is 7.35. The van der Waals surface area contributed by atoms with Gasteiger partial charge < -0.3 is 23.5 Å². The Hall–Kier alpha value is -3.16. The van der Waals surface area contributed by atoms with E-state index in [0.717, 1.165) is 52.6 Å². The van der Waals surface area contributed by atoms with Crippen LogP contribution in [-0.2, 0) is 29.5 Å². The highest BCUT2D eigenvalue weighted by Crippen LogP contribution is 2.37. The molecule has 0 unspecified atom stereocenters. The molecule has 1 aliphatic heterocycles. The number of hydrogen-bond acceptors (Lipinski definition) is 4. The first-order valence-corrected chi connectivity index (χ1v) is 12.0. The average Bonchev–Trinajstić information content (AvgIpc) is 3.53. The van der Waals surface area contributed by atoms with Gasteiger partial charge in [0, 0.05) is 50.8 Å². The van der Waals surface area contributed by atoms with Crippen LogP contribution in [0.5, 0.6) is 0 Å². The number of imidazole rings is 1. The molecule has 1 fully saturated rings. The number of rotatable bonds is 7. The monoisotopic (exact) mass is 458 g/mol. The zero-order valence-electron chi connectivity index (χ0n) is 20.0. The molecular formula is C27H30N4O3. The van der Waals surface area contributed by atoms with Crippen molar-refractivity contribution >= 4 is 27.8 Å². The van der Waals surface area contributed by atoms with E-state index in [-0.39, 0.29) is 5.91 Å². The van der Waals surface area contributed by atoms with E-state index in [2.05, 4.69) is 52.6 Å². The maximum Gasteiger partial charge on any atom is 0.254 e. The summed E-state index contributed by atoms with van der Waals surface area (Å²) in [4.78, 5) is 20.1. The van der Waals surface area contributed by atoms with E-state index in [9.17, 15) is 4.79 Å². The molecule has 0 radical (unpaired) electrons. The van der Waals surface area contributed by atoms with Crippen molar-refractivity contribution in [3.63, 3.8) is 0 Å². The van der Waals surface area contributed by atoms with Crippen molar-refractivity contribution in [1.29, 1.82) is 0 Å². The van der Waals surface area contributed by atoms with Gasteiger partial charge in [0.2, 0.25) is 0 Å². The molecule has 1 amide bonds. The molecule has 0 saturated heterocycles. The smallest absolute Gasteiger partial charge is 0.254 e. The van der Waals surface area contributed by atoms with Crippen LogP contribution < -0.4 is 0 Å². The second kappa shape index (κ2) is 8.25. The summed E-state index contributed by atoms with van der Waals surface area (Å²) in [7, 11) is 5.27. The van der Waals surface area contributed by atoms with Crippen LogP contribution in [-0.4, -0.2) is 58.5 Å². The standard InChI is InChI=1S/C27H30N4O3/c1-29-23-12-18-10-11-30(16-25(33-2)34-3)27(32)20(18)14-21(23)28-26(29)24-13-19-6-4-5-7-22(19)31(24)15-17-8-9-17/h4-7,12-14,17,25H,8-11,15-16H2,1-3H3. The maximum atomic E-state index is 13.3. The molecular weight excluding hydrogens is 428 g/mol. The number of hydrogen-bond donors (Lipinski definition) is 0. The third-order valence-corrected chi connectivity index (χ3v) is 7.35. The molecule has 34 heavy (non-hydrogen) atoms. The van der Waals surface area contributed by atoms with E-state index >= 15 is 0 Å². The van der Waals surface area contributed by atoms with E-state index in [4.69, 9.17) is 14.5 Å². The lowest BCUT2D eigenvalue weighted by Crippen LogP contribution is -2.43. The molecule has 1 saturated carbocycles. The normalized spacial score (nSPS) is 16.2. The summed E-state index contributed by atoms with van der Waals surface area (Å²) in [5.74, 6) is 1.71. The number of aromatic nitrogens is 3. The first kappa shape index (κ1) is 21.4. The molecule has 7 nitrogen and oxygen atoms in total. The zero-order chi connectivity index (χ0) is 23.4. The maximum absolute atomic E-state index is 13.3. The largest absolute Gasteiger partial charge is 0.354 e. The Morgan fingerprint density at radius 2 is 1.88 bits per heavy atom. The van der Waals surface area contributed by atoms with Gasteiger partial charge in [0.25, 0.3) is 5.91 Å². The fourth-order valence-corrected chi connectivity index (χ4v) is 5.19. The van der Waals surface area contributed by atoms with E-state index in [1.165, 1.54) is 23.7 Å². The van der Waals surface area contributed by atoms with Crippen molar-refractivity contribution in [3.8, 4) is 11.5 Å². The minimum atomic E-state index is -0.427. The summed E-state index contributed by atoms with van der Waals surface area (Å²) in [6.45, 7) is 2.09. The zero-order valence-corrected chi connectivity index (χ0v) is 20.0. The average molecular weight is 459 g/mol. The lowest BCUT2D eigenvalue weighted by Gasteiger charge is -2.30. The SMILES string of the molecule is COC(CN1CCc2cc3c(cc2C1=O)nc(-c1cc2ccccc2n1CC1CC1)n3C)OC. The summed E-state index contributed by atoms with van der Waals surface area (Å²) in [6, 6.07) is 14.9. The minimum absolute atomic E-state index is 0.0114.